The first kappa shape index (κ1) is 30.3. The van der Waals surface area contributed by atoms with Gasteiger partial charge in [-0.1, -0.05) is 30.3 Å². The lowest BCUT2D eigenvalue weighted by Crippen LogP contribution is -2.55. The summed E-state index contributed by atoms with van der Waals surface area (Å²) in [5.74, 6) is -0.234. The van der Waals surface area contributed by atoms with E-state index in [1.54, 1.807) is 7.05 Å². The maximum absolute atomic E-state index is 13.7. The van der Waals surface area contributed by atoms with Crippen molar-refractivity contribution < 1.29 is 31.1 Å². The Labute approximate surface area is 231 Å². The first-order chi connectivity index (χ1) is 18.8. The number of alkyl halides is 6. The van der Waals surface area contributed by atoms with Crippen LogP contribution in [0.5, 0.6) is 0 Å². The largest absolute Gasteiger partial charge is 0.416 e. The molecule has 1 amide bonds. The fourth-order valence-electron chi connectivity index (χ4n) is 5.65. The normalized spacial score (nSPS) is 19.5. The van der Waals surface area contributed by atoms with Crippen LogP contribution in [0.3, 0.4) is 0 Å². The highest BCUT2D eigenvalue weighted by molar-refractivity contribution is 5.83. The predicted octanol–water partition coefficient (Wildman–Crippen LogP) is 5.18. The summed E-state index contributed by atoms with van der Waals surface area (Å²) in [5, 5.41) is 0. The Balaban J connectivity index is 1.46. The number of hydrogen-bond acceptors (Lipinski definition) is 4. The first-order valence-electron chi connectivity index (χ1n) is 13.6. The standard InChI is InChI=1S/C29H36F6N4O/c1-36-11-9-25(10-12-36)38-14-16-39(17-15-38)26(22-6-4-3-5-7-22)27(40)37(2)13-8-21-18-23(28(30,31)32)20-24(19-21)29(33,34)35/h3-7,18-20,25-26H,8-17H2,1-2H3. The average molecular weight is 571 g/mol. The summed E-state index contributed by atoms with van der Waals surface area (Å²) in [6, 6.07) is 10.8. The predicted molar refractivity (Wildman–Crippen MR) is 141 cm³/mol. The third-order valence-electron chi connectivity index (χ3n) is 8.03. The molecule has 0 bridgehead atoms. The third kappa shape index (κ3) is 7.55. The fraction of sp³-hybridized carbons (Fsp3) is 0.552. The Hall–Kier alpha value is -2.63. The molecule has 2 aliphatic heterocycles. The van der Waals surface area contributed by atoms with Gasteiger partial charge in [-0.05, 0) is 68.7 Å². The van der Waals surface area contributed by atoms with E-state index >= 15 is 0 Å². The highest BCUT2D eigenvalue weighted by atomic mass is 19.4. The number of amides is 1. The van der Waals surface area contributed by atoms with Crippen molar-refractivity contribution in [1.29, 1.82) is 0 Å². The number of benzene rings is 2. The lowest BCUT2D eigenvalue weighted by molar-refractivity contribution is -0.143. The van der Waals surface area contributed by atoms with Crippen molar-refractivity contribution in [3.05, 3.63) is 70.8 Å². The molecule has 4 rings (SSSR count). The lowest BCUT2D eigenvalue weighted by Gasteiger charge is -2.44. The van der Waals surface area contributed by atoms with Crippen LogP contribution in [0, 0.1) is 0 Å². The second-order valence-corrected chi connectivity index (χ2v) is 10.8. The van der Waals surface area contributed by atoms with Gasteiger partial charge in [0.1, 0.15) is 6.04 Å². The molecule has 11 heteroatoms. The minimum Gasteiger partial charge on any atom is -0.344 e. The summed E-state index contributed by atoms with van der Waals surface area (Å²) in [6.45, 7) is 5.16. The molecule has 2 heterocycles. The Kier molecular flexibility index (Phi) is 9.47. The van der Waals surface area contributed by atoms with Gasteiger partial charge >= 0.3 is 12.4 Å². The van der Waals surface area contributed by atoms with Crippen molar-refractivity contribution in [3.63, 3.8) is 0 Å². The number of halogens is 6. The first-order valence-corrected chi connectivity index (χ1v) is 13.6. The molecule has 2 fully saturated rings. The molecule has 2 saturated heterocycles. The van der Waals surface area contributed by atoms with Crippen molar-refractivity contribution in [1.82, 2.24) is 19.6 Å². The van der Waals surface area contributed by atoms with Crippen molar-refractivity contribution >= 4 is 5.91 Å². The number of likely N-dealkylation sites (tertiary alicyclic amines) is 1. The topological polar surface area (TPSA) is 30.0 Å². The summed E-state index contributed by atoms with van der Waals surface area (Å²) in [4.78, 5) is 22.1. The van der Waals surface area contributed by atoms with Gasteiger partial charge < -0.3 is 9.80 Å². The monoisotopic (exact) mass is 570 g/mol. The molecule has 0 N–H and O–H groups in total. The van der Waals surface area contributed by atoms with Crippen LogP contribution in [0.25, 0.3) is 0 Å². The van der Waals surface area contributed by atoms with Crippen molar-refractivity contribution in [2.24, 2.45) is 0 Å². The van der Waals surface area contributed by atoms with E-state index in [4.69, 9.17) is 0 Å². The van der Waals surface area contributed by atoms with E-state index in [1.165, 1.54) is 4.90 Å². The van der Waals surface area contributed by atoms with Crippen LogP contribution in [0.15, 0.2) is 48.5 Å². The molecule has 5 nitrogen and oxygen atoms in total. The SMILES string of the molecule is CN1CCC(N2CCN(C(C(=O)N(C)CCc3cc(C(F)(F)F)cc(C(F)(F)F)c3)c3ccccc3)CC2)CC1. The number of nitrogens with zero attached hydrogens (tertiary/aromatic N) is 4. The Bertz CT molecular complexity index is 1090. The summed E-state index contributed by atoms with van der Waals surface area (Å²) in [5.41, 5.74) is -2.01. The molecule has 0 aliphatic carbocycles. The van der Waals surface area contributed by atoms with E-state index < -0.39 is 29.5 Å². The van der Waals surface area contributed by atoms with Crippen LogP contribution in [0.1, 0.15) is 41.1 Å². The summed E-state index contributed by atoms with van der Waals surface area (Å²) in [6.07, 6.45) is -7.73. The zero-order chi connectivity index (χ0) is 29.1. The number of carbonyl (C=O) groups excluding carboxylic acids is 1. The van der Waals surface area contributed by atoms with Gasteiger partial charge in [-0.2, -0.15) is 26.3 Å². The molecule has 1 atom stereocenters. The van der Waals surface area contributed by atoms with Crippen LogP contribution in [0.4, 0.5) is 26.3 Å². The van der Waals surface area contributed by atoms with Gasteiger partial charge in [-0.15, -0.1) is 0 Å². The van der Waals surface area contributed by atoms with E-state index in [0.717, 1.165) is 56.7 Å². The second kappa shape index (κ2) is 12.5. The zero-order valence-electron chi connectivity index (χ0n) is 22.8. The van der Waals surface area contributed by atoms with Crippen molar-refractivity contribution in [2.75, 3.05) is 59.9 Å². The van der Waals surface area contributed by atoms with Gasteiger partial charge in [0.2, 0.25) is 5.91 Å². The molecule has 0 spiro atoms. The van der Waals surface area contributed by atoms with E-state index in [-0.39, 0.29) is 30.5 Å². The van der Waals surface area contributed by atoms with Gasteiger partial charge in [0.15, 0.2) is 0 Å². The maximum Gasteiger partial charge on any atom is 0.416 e. The zero-order valence-corrected chi connectivity index (χ0v) is 22.8. The molecule has 2 aromatic rings. The van der Waals surface area contributed by atoms with Gasteiger partial charge in [0.25, 0.3) is 0 Å². The van der Waals surface area contributed by atoms with Crippen LogP contribution in [-0.4, -0.2) is 91.5 Å². The minimum atomic E-state index is -4.91. The Morgan fingerprint density at radius 3 is 1.95 bits per heavy atom. The molecular weight excluding hydrogens is 534 g/mol. The van der Waals surface area contributed by atoms with E-state index in [9.17, 15) is 31.1 Å². The highest BCUT2D eigenvalue weighted by Crippen LogP contribution is 2.36. The van der Waals surface area contributed by atoms with E-state index in [1.807, 2.05) is 30.3 Å². The molecule has 2 aliphatic rings. The average Bonchev–Trinajstić information content (AvgIpc) is 2.92. The van der Waals surface area contributed by atoms with Crippen LogP contribution < -0.4 is 0 Å². The fourth-order valence-corrected chi connectivity index (χ4v) is 5.65. The molecule has 40 heavy (non-hydrogen) atoms. The number of piperidine rings is 1. The molecule has 1 unspecified atom stereocenters. The lowest BCUT2D eigenvalue weighted by atomic mass is 10.00. The van der Waals surface area contributed by atoms with Gasteiger partial charge in [0, 0.05) is 45.8 Å². The smallest absolute Gasteiger partial charge is 0.344 e. The van der Waals surface area contributed by atoms with E-state index in [2.05, 4.69) is 21.7 Å². The van der Waals surface area contributed by atoms with Crippen molar-refractivity contribution in [3.8, 4) is 0 Å². The van der Waals surface area contributed by atoms with E-state index in [0.29, 0.717) is 19.1 Å². The molecular formula is C29H36F6N4O. The van der Waals surface area contributed by atoms with Crippen LogP contribution >= 0.6 is 0 Å². The van der Waals surface area contributed by atoms with Crippen LogP contribution in [-0.2, 0) is 23.6 Å². The molecule has 0 aromatic heterocycles. The number of likely N-dealkylation sites (N-methyl/N-ethyl adjacent to an activating group) is 1. The minimum absolute atomic E-state index is 0.0175. The molecule has 2 aromatic carbocycles. The van der Waals surface area contributed by atoms with Crippen molar-refractivity contribution in [2.45, 2.75) is 43.7 Å². The summed E-state index contributed by atoms with van der Waals surface area (Å²) in [7, 11) is 3.67. The quantitative estimate of drug-likeness (QED) is 0.430. The second-order valence-electron chi connectivity index (χ2n) is 10.8. The summed E-state index contributed by atoms with van der Waals surface area (Å²) < 4.78 is 79.7. The number of hydrogen-bond donors (Lipinski definition) is 0. The number of carbonyl (C=O) groups is 1. The summed E-state index contributed by atoms with van der Waals surface area (Å²) >= 11 is 0. The third-order valence-corrected chi connectivity index (χ3v) is 8.03. The van der Waals surface area contributed by atoms with Gasteiger partial charge in [0.05, 0.1) is 11.1 Å². The highest BCUT2D eigenvalue weighted by Gasteiger charge is 2.37. The Morgan fingerprint density at radius 1 is 0.875 bits per heavy atom. The molecule has 0 radical (unpaired) electrons. The molecule has 220 valence electrons. The van der Waals surface area contributed by atoms with Gasteiger partial charge in [-0.25, -0.2) is 0 Å². The Morgan fingerprint density at radius 2 is 1.43 bits per heavy atom. The van der Waals surface area contributed by atoms with Gasteiger partial charge in [-0.3, -0.25) is 14.6 Å². The molecule has 0 saturated carbocycles. The maximum atomic E-state index is 13.7. The number of rotatable bonds is 7. The van der Waals surface area contributed by atoms with Crippen LogP contribution in [0.2, 0.25) is 0 Å². The number of piperazine rings is 1.